The van der Waals surface area contributed by atoms with Crippen molar-refractivity contribution in [2.75, 3.05) is 0 Å². The third-order valence-corrected chi connectivity index (χ3v) is 4.37. The van der Waals surface area contributed by atoms with Crippen LogP contribution in [0.4, 0.5) is 4.39 Å². The molecule has 4 rings (SSSR count). The van der Waals surface area contributed by atoms with Crippen molar-refractivity contribution in [3.05, 3.63) is 18.6 Å². The minimum atomic E-state index is -0.517. The van der Waals surface area contributed by atoms with Gasteiger partial charge in [0.15, 0.2) is 11.2 Å². The predicted octanol–water partition coefficient (Wildman–Crippen LogP) is 2.33. The first-order valence-electron chi connectivity index (χ1n) is 6.16. The number of halogens is 1. The lowest BCUT2D eigenvalue weighted by Crippen LogP contribution is -2.15. The van der Waals surface area contributed by atoms with Crippen molar-refractivity contribution in [3.8, 4) is 0 Å². The molecule has 2 saturated carbocycles. The summed E-state index contributed by atoms with van der Waals surface area (Å²) in [6.07, 6.45) is 8.18. The van der Waals surface area contributed by atoms with E-state index in [1.807, 2.05) is 0 Å². The van der Waals surface area contributed by atoms with Crippen molar-refractivity contribution in [1.82, 2.24) is 19.5 Å². The van der Waals surface area contributed by atoms with Gasteiger partial charge in [-0.15, -0.1) is 0 Å². The monoisotopic (exact) mass is 232 g/mol. The molecule has 2 aromatic rings. The van der Waals surface area contributed by atoms with Crippen LogP contribution in [0.25, 0.3) is 11.2 Å². The van der Waals surface area contributed by atoms with Crippen LogP contribution in [0.15, 0.2) is 12.7 Å². The Bertz CT molecular complexity index is 579. The van der Waals surface area contributed by atoms with Crippen LogP contribution < -0.4 is 0 Å². The Morgan fingerprint density at radius 2 is 2.12 bits per heavy atom. The molecule has 2 aromatic heterocycles. The van der Waals surface area contributed by atoms with Crippen LogP contribution in [0.2, 0.25) is 0 Å². The number of rotatable bonds is 1. The van der Waals surface area contributed by atoms with Crippen LogP contribution in [0.3, 0.4) is 0 Å². The van der Waals surface area contributed by atoms with Crippen molar-refractivity contribution < 1.29 is 4.39 Å². The average Bonchev–Trinajstić information content (AvgIpc) is 3.03. The van der Waals surface area contributed by atoms with Gasteiger partial charge in [-0.3, -0.25) is 0 Å². The predicted molar refractivity (Wildman–Crippen MR) is 59.8 cm³/mol. The topological polar surface area (TPSA) is 43.6 Å². The molecular weight excluding hydrogens is 219 g/mol. The van der Waals surface area contributed by atoms with E-state index in [0.717, 1.165) is 11.8 Å². The lowest BCUT2D eigenvalue weighted by molar-refractivity contribution is 0.334. The van der Waals surface area contributed by atoms with Crippen molar-refractivity contribution in [2.24, 2.45) is 11.8 Å². The van der Waals surface area contributed by atoms with E-state index in [0.29, 0.717) is 17.2 Å². The van der Waals surface area contributed by atoms with E-state index in [9.17, 15) is 4.39 Å². The van der Waals surface area contributed by atoms with Crippen LogP contribution >= 0.6 is 0 Å². The van der Waals surface area contributed by atoms with Gasteiger partial charge in [-0.05, 0) is 31.1 Å². The Balaban J connectivity index is 1.84. The molecule has 88 valence electrons. The number of hydrogen-bond acceptors (Lipinski definition) is 3. The Labute approximate surface area is 97.9 Å². The molecular formula is C12H13FN4. The summed E-state index contributed by atoms with van der Waals surface area (Å²) in [5.41, 5.74) is 0.949. The maximum absolute atomic E-state index is 13.4. The normalized spacial score (nSPS) is 31.5. The van der Waals surface area contributed by atoms with Crippen LogP contribution in [0.5, 0.6) is 0 Å². The van der Waals surface area contributed by atoms with Gasteiger partial charge in [-0.2, -0.15) is 4.39 Å². The summed E-state index contributed by atoms with van der Waals surface area (Å²) in [5.74, 6) is 1.07. The molecule has 0 amide bonds. The summed E-state index contributed by atoms with van der Waals surface area (Å²) in [6, 6.07) is 0.466. The van der Waals surface area contributed by atoms with E-state index in [1.165, 1.54) is 32.0 Å². The molecule has 4 nitrogen and oxygen atoms in total. The van der Waals surface area contributed by atoms with E-state index >= 15 is 0 Å². The van der Waals surface area contributed by atoms with Gasteiger partial charge in [-0.1, -0.05) is 6.42 Å². The fourth-order valence-electron chi connectivity index (χ4n) is 3.62. The average molecular weight is 232 g/mol. The van der Waals surface area contributed by atoms with E-state index in [4.69, 9.17) is 0 Å². The standard InChI is InChI=1S/C12H13FN4/c13-11-10-12(15-5-14-11)17(6-16-10)9-4-7-1-2-8(9)3-7/h5-9H,1-4H2. The molecule has 2 heterocycles. The fourth-order valence-corrected chi connectivity index (χ4v) is 3.62. The second kappa shape index (κ2) is 3.24. The van der Waals surface area contributed by atoms with E-state index in [2.05, 4.69) is 19.5 Å². The third kappa shape index (κ3) is 1.25. The largest absolute Gasteiger partial charge is 0.312 e. The second-order valence-electron chi connectivity index (χ2n) is 5.23. The van der Waals surface area contributed by atoms with Crippen LogP contribution in [0, 0.1) is 17.8 Å². The van der Waals surface area contributed by atoms with Crippen LogP contribution in [-0.2, 0) is 0 Å². The van der Waals surface area contributed by atoms with Crippen molar-refractivity contribution in [1.29, 1.82) is 0 Å². The summed E-state index contributed by atoms with van der Waals surface area (Å²) in [7, 11) is 0. The minimum absolute atomic E-state index is 0.301. The highest BCUT2D eigenvalue weighted by Gasteiger charge is 2.41. The highest BCUT2D eigenvalue weighted by Crippen LogP contribution is 2.51. The smallest absolute Gasteiger partial charge is 0.244 e. The van der Waals surface area contributed by atoms with Crippen molar-refractivity contribution in [3.63, 3.8) is 0 Å². The van der Waals surface area contributed by atoms with Gasteiger partial charge < -0.3 is 4.57 Å². The van der Waals surface area contributed by atoms with Gasteiger partial charge in [0.1, 0.15) is 6.33 Å². The van der Waals surface area contributed by atoms with Gasteiger partial charge in [-0.25, -0.2) is 15.0 Å². The molecule has 17 heavy (non-hydrogen) atoms. The fraction of sp³-hybridized carbons (Fsp3) is 0.583. The first-order chi connectivity index (χ1) is 8.33. The molecule has 0 spiro atoms. The Kier molecular flexibility index (Phi) is 1.81. The minimum Gasteiger partial charge on any atom is -0.312 e. The first kappa shape index (κ1) is 9.50. The van der Waals surface area contributed by atoms with Gasteiger partial charge in [0.05, 0.1) is 6.33 Å². The SMILES string of the molecule is Fc1ncnc2c1ncn2C1CC2CCC1C2. The molecule has 0 N–H and O–H groups in total. The maximum atomic E-state index is 13.4. The van der Waals surface area contributed by atoms with Crippen molar-refractivity contribution >= 4 is 11.2 Å². The highest BCUT2D eigenvalue weighted by molar-refractivity contribution is 5.69. The maximum Gasteiger partial charge on any atom is 0.244 e. The number of hydrogen-bond donors (Lipinski definition) is 0. The van der Waals surface area contributed by atoms with E-state index in [-0.39, 0.29) is 0 Å². The molecule has 0 aliphatic heterocycles. The Hall–Kier alpha value is -1.52. The summed E-state index contributed by atoms with van der Waals surface area (Å²) in [4.78, 5) is 11.8. The van der Waals surface area contributed by atoms with Crippen molar-refractivity contribution in [2.45, 2.75) is 31.7 Å². The zero-order valence-corrected chi connectivity index (χ0v) is 9.38. The Morgan fingerprint density at radius 3 is 2.88 bits per heavy atom. The summed E-state index contributed by atoms with van der Waals surface area (Å²) in [6.45, 7) is 0. The summed E-state index contributed by atoms with van der Waals surface area (Å²) < 4.78 is 15.5. The van der Waals surface area contributed by atoms with Gasteiger partial charge >= 0.3 is 0 Å². The van der Waals surface area contributed by atoms with Gasteiger partial charge in [0.2, 0.25) is 5.95 Å². The molecule has 2 aliphatic rings. The molecule has 2 fully saturated rings. The lowest BCUT2D eigenvalue weighted by atomic mass is 9.95. The second-order valence-corrected chi connectivity index (χ2v) is 5.23. The molecule has 5 heteroatoms. The highest BCUT2D eigenvalue weighted by atomic mass is 19.1. The molecule has 0 aromatic carbocycles. The zero-order valence-electron chi connectivity index (χ0n) is 9.38. The molecule has 3 atom stereocenters. The quantitative estimate of drug-likeness (QED) is 0.709. The zero-order chi connectivity index (χ0) is 11.4. The first-order valence-corrected chi connectivity index (χ1v) is 6.16. The lowest BCUT2D eigenvalue weighted by Gasteiger charge is -2.23. The van der Waals surface area contributed by atoms with Crippen LogP contribution in [0.1, 0.15) is 31.7 Å². The number of imidazole rings is 1. The van der Waals surface area contributed by atoms with Crippen LogP contribution in [-0.4, -0.2) is 19.5 Å². The van der Waals surface area contributed by atoms with E-state index < -0.39 is 5.95 Å². The van der Waals surface area contributed by atoms with Gasteiger partial charge in [0, 0.05) is 6.04 Å². The molecule has 2 bridgehead atoms. The van der Waals surface area contributed by atoms with Gasteiger partial charge in [0.25, 0.3) is 0 Å². The number of nitrogens with zero attached hydrogens (tertiary/aromatic N) is 4. The molecule has 3 unspecified atom stereocenters. The third-order valence-electron chi connectivity index (χ3n) is 4.37. The molecule has 2 aliphatic carbocycles. The number of aromatic nitrogens is 4. The number of fused-ring (bicyclic) bond motifs is 3. The summed E-state index contributed by atoms with van der Waals surface area (Å²) >= 11 is 0. The van der Waals surface area contributed by atoms with E-state index in [1.54, 1.807) is 6.33 Å². The summed E-state index contributed by atoms with van der Waals surface area (Å²) in [5, 5.41) is 0. The molecule has 0 radical (unpaired) electrons. The molecule has 0 saturated heterocycles. The Morgan fingerprint density at radius 1 is 1.18 bits per heavy atom.